The molecule has 0 saturated carbocycles. The number of hydrogen-bond donors (Lipinski definition) is 1. The normalized spacial score (nSPS) is 13.9. The number of amides is 2. The number of carbonyl (C=O) groups excluding carboxylic acids is 2. The van der Waals surface area contributed by atoms with Crippen molar-refractivity contribution in [2.45, 2.75) is 32.4 Å². The molecule has 1 aromatic heterocycles. The zero-order chi connectivity index (χ0) is 16.8. The molecule has 7 heteroatoms. The highest BCUT2D eigenvalue weighted by atomic mass is 16.2. The summed E-state index contributed by atoms with van der Waals surface area (Å²) in [7, 11) is 0. The van der Waals surface area contributed by atoms with E-state index in [1.165, 1.54) is 5.56 Å². The van der Waals surface area contributed by atoms with Crippen molar-refractivity contribution in [3.05, 3.63) is 47.8 Å². The lowest BCUT2D eigenvalue weighted by atomic mass is 10.1. The largest absolute Gasteiger partial charge is 0.348 e. The Morgan fingerprint density at radius 3 is 2.83 bits per heavy atom. The van der Waals surface area contributed by atoms with Crippen molar-refractivity contribution in [1.29, 1.82) is 0 Å². The Morgan fingerprint density at radius 1 is 1.17 bits per heavy atom. The number of carbonyl (C=O) groups is 2. The molecule has 0 unspecified atom stereocenters. The van der Waals surface area contributed by atoms with Gasteiger partial charge in [-0.1, -0.05) is 35.5 Å². The van der Waals surface area contributed by atoms with E-state index in [4.69, 9.17) is 0 Å². The minimum absolute atomic E-state index is 0.378. The van der Waals surface area contributed by atoms with E-state index in [1.54, 1.807) is 15.8 Å². The van der Waals surface area contributed by atoms with Crippen LogP contribution in [-0.2, 0) is 29.1 Å². The van der Waals surface area contributed by atoms with Crippen LogP contribution in [0.2, 0.25) is 0 Å². The lowest BCUT2D eigenvalue weighted by molar-refractivity contribution is -0.146. The fourth-order valence-corrected chi connectivity index (χ4v) is 2.81. The van der Waals surface area contributed by atoms with Crippen LogP contribution in [0.1, 0.15) is 24.1 Å². The second-order valence-electron chi connectivity index (χ2n) is 5.87. The van der Waals surface area contributed by atoms with E-state index >= 15 is 0 Å². The van der Waals surface area contributed by atoms with Crippen LogP contribution in [0.4, 0.5) is 0 Å². The lowest BCUT2D eigenvalue weighted by Gasteiger charge is -2.19. The standard InChI is InChI=1S/C17H21N5O2/c23-16(18-9-4-8-14-6-2-1-3-7-14)17(24)21-10-5-11-22-15(13-21)12-19-20-22/h1-3,6-7,12H,4-5,8-11,13H2,(H,18,23). The summed E-state index contributed by atoms with van der Waals surface area (Å²) in [6, 6.07) is 10.1. The number of hydrogen-bond acceptors (Lipinski definition) is 4. The third-order valence-electron chi connectivity index (χ3n) is 4.10. The topological polar surface area (TPSA) is 80.1 Å². The van der Waals surface area contributed by atoms with Crippen molar-refractivity contribution >= 4 is 11.8 Å². The number of nitrogens with one attached hydrogen (secondary N) is 1. The van der Waals surface area contributed by atoms with Crippen molar-refractivity contribution < 1.29 is 9.59 Å². The molecule has 0 bridgehead atoms. The summed E-state index contributed by atoms with van der Waals surface area (Å²) in [6.07, 6.45) is 4.09. The first-order chi connectivity index (χ1) is 11.7. The van der Waals surface area contributed by atoms with E-state index in [9.17, 15) is 9.59 Å². The second-order valence-corrected chi connectivity index (χ2v) is 5.87. The molecule has 0 atom stereocenters. The van der Waals surface area contributed by atoms with Crippen LogP contribution in [-0.4, -0.2) is 44.8 Å². The summed E-state index contributed by atoms with van der Waals surface area (Å²) >= 11 is 0. The molecule has 1 aliphatic heterocycles. The average molecular weight is 327 g/mol. The zero-order valence-electron chi connectivity index (χ0n) is 13.5. The van der Waals surface area contributed by atoms with Crippen molar-refractivity contribution in [2.75, 3.05) is 13.1 Å². The molecule has 7 nitrogen and oxygen atoms in total. The third-order valence-corrected chi connectivity index (χ3v) is 4.10. The van der Waals surface area contributed by atoms with E-state index in [0.29, 0.717) is 19.6 Å². The first-order valence-electron chi connectivity index (χ1n) is 8.22. The van der Waals surface area contributed by atoms with E-state index in [1.807, 2.05) is 18.2 Å². The molecule has 0 fully saturated rings. The molecule has 0 spiro atoms. The number of nitrogens with zero attached hydrogens (tertiary/aromatic N) is 4. The Balaban J connectivity index is 1.45. The number of benzene rings is 1. The van der Waals surface area contributed by atoms with Gasteiger partial charge in [0, 0.05) is 19.6 Å². The Labute approximate surface area is 140 Å². The SMILES string of the molecule is O=C(NCCCc1ccccc1)C(=O)N1CCCn2nncc2C1. The summed E-state index contributed by atoms with van der Waals surface area (Å²) < 4.78 is 1.78. The highest BCUT2D eigenvalue weighted by Gasteiger charge is 2.24. The maximum atomic E-state index is 12.3. The van der Waals surface area contributed by atoms with Gasteiger partial charge in [-0.05, 0) is 24.8 Å². The molecule has 2 aromatic rings. The molecule has 2 heterocycles. The number of aromatic nitrogens is 3. The molecule has 1 N–H and O–H groups in total. The van der Waals surface area contributed by atoms with Crippen molar-refractivity contribution in [1.82, 2.24) is 25.2 Å². The Kier molecular flexibility index (Phi) is 5.20. The summed E-state index contributed by atoms with van der Waals surface area (Å²) in [4.78, 5) is 26.0. The third kappa shape index (κ3) is 3.98. The maximum absolute atomic E-state index is 12.3. The van der Waals surface area contributed by atoms with Crippen LogP contribution in [0.25, 0.3) is 0 Å². The van der Waals surface area contributed by atoms with Gasteiger partial charge in [-0.15, -0.1) is 5.10 Å². The van der Waals surface area contributed by atoms with Gasteiger partial charge >= 0.3 is 11.8 Å². The Morgan fingerprint density at radius 2 is 2.00 bits per heavy atom. The van der Waals surface area contributed by atoms with Crippen LogP contribution in [0, 0.1) is 0 Å². The van der Waals surface area contributed by atoms with Gasteiger partial charge in [0.15, 0.2) is 0 Å². The van der Waals surface area contributed by atoms with Crippen LogP contribution < -0.4 is 5.32 Å². The van der Waals surface area contributed by atoms with Crippen molar-refractivity contribution in [2.24, 2.45) is 0 Å². The fourth-order valence-electron chi connectivity index (χ4n) is 2.81. The molecule has 1 aliphatic rings. The fraction of sp³-hybridized carbons (Fsp3) is 0.412. The van der Waals surface area contributed by atoms with Gasteiger partial charge in [0.25, 0.3) is 0 Å². The van der Waals surface area contributed by atoms with Crippen molar-refractivity contribution in [3.63, 3.8) is 0 Å². The van der Waals surface area contributed by atoms with Crippen LogP contribution in [0.5, 0.6) is 0 Å². The highest BCUT2D eigenvalue weighted by Crippen LogP contribution is 2.10. The van der Waals surface area contributed by atoms with E-state index < -0.39 is 11.8 Å². The van der Waals surface area contributed by atoms with Crippen LogP contribution in [0.3, 0.4) is 0 Å². The van der Waals surface area contributed by atoms with Gasteiger partial charge < -0.3 is 10.2 Å². The molecular weight excluding hydrogens is 306 g/mol. The minimum Gasteiger partial charge on any atom is -0.348 e. The Hall–Kier alpha value is -2.70. The number of fused-ring (bicyclic) bond motifs is 1. The molecule has 0 aliphatic carbocycles. The lowest BCUT2D eigenvalue weighted by Crippen LogP contribution is -2.43. The minimum atomic E-state index is -0.538. The van der Waals surface area contributed by atoms with Gasteiger partial charge in [0.05, 0.1) is 18.4 Å². The molecule has 2 amide bonds. The molecule has 3 rings (SSSR count). The van der Waals surface area contributed by atoms with Gasteiger partial charge in [-0.2, -0.15) is 0 Å². The summed E-state index contributed by atoms with van der Waals surface area (Å²) in [5, 5.41) is 10.5. The molecule has 24 heavy (non-hydrogen) atoms. The van der Waals surface area contributed by atoms with E-state index in [2.05, 4.69) is 27.8 Å². The van der Waals surface area contributed by atoms with Gasteiger partial charge in [-0.25, -0.2) is 4.68 Å². The number of rotatable bonds is 4. The molecular formula is C17H21N5O2. The summed E-state index contributed by atoms with van der Waals surface area (Å²) in [6.45, 7) is 2.15. The monoisotopic (exact) mass is 327 g/mol. The number of aryl methyl sites for hydroxylation is 2. The van der Waals surface area contributed by atoms with Gasteiger partial charge in [0.1, 0.15) is 0 Å². The zero-order valence-corrected chi connectivity index (χ0v) is 13.5. The average Bonchev–Trinajstić information content (AvgIpc) is 2.95. The predicted molar refractivity (Wildman–Crippen MR) is 87.8 cm³/mol. The molecule has 0 radical (unpaired) electrons. The molecule has 126 valence electrons. The van der Waals surface area contributed by atoms with Crippen LogP contribution >= 0.6 is 0 Å². The van der Waals surface area contributed by atoms with Crippen molar-refractivity contribution in [3.8, 4) is 0 Å². The highest BCUT2D eigenvalue weighted by molar-refractivity contribution is 6.34. The molecule has 1 aromatic carbocycles. The quantitative estimate of drug-likeness (QED) is 0.664. The van der Waals surface area contributed by atoms with E-state index in [0.717, 1.165) is 31.5 Å². The summed E-state index contributed by atoms with van der Waals surface area (Å²) in [5.74, 6) is -1.02. The van der Waals surface area contributed by atoms with Crippen LogP contribution in [0.15, 0.2) is 36.5 Å². The first kappa shape index (κ1) is 16.2. The first-order valence-corrected chi connectivity index (χ1v) is 8.22. The second kappa shape index (κ2) is 7.72. The predicted octanol–water partition coefficient (Wildman–Crippen LogP) is 0.759. The Bertz CT molecular complexity index is 698. The molecule has 0 saturated heterocycles. The maximum Gasteiger partial charge on any atom is 0.312 e. The smallest absolute Gasteiger partial charge is 0.312 e. The van der Waals surface area contributed by atoms with Gasteiger partial charge in [0.2, 0.25) is 0 Å². The summed E-state index contributed by atoms with van der Waals surface area (Å²) in [5.41, 5.74) is 2.09. The van der Waals surface area contributed by atoms with Gasteiger partial charge in [-0.3, -0.25) is 9.59 Å². The van der Waals surface area contributed by atoms with E-state index in [-0.39, 0.29) is 0 Å².